The van der Waals surface area contributed by atoms with E-state index in [0.717, 1.165) is 27.2 Å². The van der Waals surface area contributed by atoms with Crippen molar-refractivity contribution in [2.75, 3.05) is 26.6 Å². The number of aryl methyl sites for hydroxylation is 1. The zero-order chi connectivity index (χ0) is 21.7. The number of rotatable bonds is 8. The molecule has 0 saturated carbocycles. The molecule has 0 aliphatic rings. The molecule has 30 heavy (non-hydrogen) atoms. The minimum Gasteiger partial charge on any atom is -0.497 e. The molecule has 0 aliphatic heterocycles. The van der Waals surface area contributed by atoms with Crippen molar-refractivity contribution in [3.63, 3.8) is 0 Å². The minimum atomic E-state index is -0.309. The zero-order valence-electron chi connectivity index (χ0n) is 17.8. The average molecular weight is 427 g/mol. The number of ether oxygens (including phenoxy) is 3. The zero-order valence-corrected chi connectivity index (χ0v) is 18.6. The van der Waals surface area contributed by atoms with Crippen molar-refractivity contribution in [3.8, 4) is 17.2 Å². The maximum absolute atomic E-state index is 13.0. The predicted molar refractivity (Wildman–Crippen MR) is 121 cm³/mol. The Bertz CT molecular complexity index is 1050. The number of hydrogen-bond acceptors (Lipinski definition) is 6. The van der Waals surface area contributed by atoms with E-state index in [1.54, 1.807) is 39.5 Å². The van der Waals surface area contributed by atoms with Crippen molar-refractivity contribution in [3.05, 3.63) is 48.0 Å². The third-order valence-electron chi connectivity index (χ3n) is 4.80. The van der Waals surface area contributed by atoms with Crippen LogP contribution in [0.4, 0.5) is 5.69 Å². The molecular formula is C23H26N2O4S. The largest absolute Gasteiger partial charge is 0.497 e. The van der Waals surface area contributed by atoms with Crippen LogP contribution in [-0.4, -0.2) is 37.5 Å². The normalized spacial score (nSPS) is 11.8. The number of thioether (sulfide) groups is 1. The number of aromatic nitrogens is 1. The summed E-state index contributed by atoms with van der Waals surface area (Å²) in [6, 6.07) is 13.2. The molecule has 0 aliphatic carbocycles. The molecule has 3 rings (SSSR count). The van der Waals surface area contributed by atoms with Gasteiger partial charge >= 0.3 is 0 Å². The fourth-order valence-electron chi connectivity index (χ4n) is 3.17. The number of hydrogen-bond donors (Lipinski definition) is 1. The lowest BCUT2D eigenvalue weighted by Gasteiger charge is -2.17. The van der Waals surface area contributed by atoms with Gasteiger partial charge in [0.05, 0.1) is 37.3 Å². The standard InChI is InChI=1S/C23H26N2O4S/c1-6-20(23(26)24-17-11-10-15(27-3)13-19(17)29-5)30-21-12-14(2)16-8-7-9-18(28-4)22(16)25-21/h7-13,20H,6H2,1-5H3,(H,24,26). The summed E-state index contributed by atoms with van der Waals surface area (Å²) in [7, 11) is 4.78. The van der Waals surface area contributed by atoms with Crippen molar-refractivity contribution in [2.24, 2.45) is 0 Å². The summed E-state index contributed by atoms with van der Waals surface area (Å²) in [6.07, 6.45) is 0.652. The van der Waals surface area contributed by atoms with Crippen LogP contribution in [0.2, 0.25) is 0 Å². The molecule has 1 aromatic heterocycles. The van der Waals surface area contributed by atoms with Gasteiger partial charge in [0.1, 0.15) is 22.8 Å². The topological polar surface area (TPSA) is 69.7 Å². The van der Waals surface area contributed by atoms with Crippen molar-refractivity contribution < 1.29 is 19.0 Å². The SMILES string of the molecule is CCC(Sc1cc(C)c2cccc(OC)c2n1)C(=O)Nc1ccc(OC)cc1OC. The van der Waals surface area contributed by atoms with Crippen LogP contribution in [0.25, 0.3) is 10.9 Å². The highest BCUT2D eigenvalue weighted by Crippen LogP contribution is 2.33. The maximum Gasteiger partial charge on any atom is 0.238 e. The van der Waals surface area contributed by atoms with E-state index in [2.05, 4.69) is 5.32 Å². The molecular weight excluding hydrogens is 400 g/mol. The van der Waals surface area contributed by atoms with E-state index in [4.69, 9.17) is 19.2 Å². The van der Waals surface area contributed by atoms with Crippen molar-refractivity contribution in [2.45, 2.75) is 30.5 Å². The summed E-state index contributed by atoms with van der Waals surface area (Å²) in [4.78, 5) is 17.7. The van der Waals surface area contributed by atoms with E-state index in [1.807, 2.05) is 38.1 Å². The lowest BCUT2D eigenvalue weighted by molar-refractivity contribution is -0.115. The van der Waals surface area contributed by atoms with E-state index in [0.29, 0.717) is 23.6 Å². The lowest BCUT2D eigenvalue weighted by atomic mass is 10.1. The number of amides is 1. The van der Waals surface area contributed by atoms with Crippen molar-refractivity contribution in [1.82, 2.24) is 4.98 Å². The van der Waals surface area contributed by atoms with Gasteiger partial charge in [-0.05, 0) is 43.2 Å². The molecule has 1 amide bonds. The summed E-state index contributed by atoms with van der Waals surface area (Å²) in [6.45, 7) is 4.02. The smallest absolute Gasteiger partial charge is 0.238 e. The van der Waals surface area contributed by atoms with Gasteiger partial charge < -0.3 is 19.5 Å². The second kappa shape index (κ2) is 9.71. The Labute approximate surface area is 180 Å². The van der Waals surface area contributed by atoms with E-state index in [9.17, 15) is 4.79 Å². The Hall–Kier alpha value is -2.93. The first-order chi connectivity index (χ1) is 14.5. The van der Waals surface area contributed by atoms with Gasteiger partial charge in [-0.25, -0.2) is 4.98 Å². The van der Waals surface area contributed by atoms with Crippen LogP contribution in [0.15, 0.2) is 47.5 Å². The highest BCUT2D eigenvalue weighted by molar-refractivity contribution is 8.00. The summed E-state index contributed by atoms with van der Waals surface area (Å²) in [5.41, 5.74) is 2.50. The summed E-state index contributed by atoms with van der Waals surface area (Å²) >= 11 is 1.44. The van der Waals surface area contributed by atoms with Gasteiger partial charge in [-0.1, -0.05) is 30.8 Å². The number of anilines is 1. The number of pyridine rings is 1. The summed E-state index contributed by atoms with van der Waals surface area (Å²) < 4.78 is 16.1. The fourth-order valence-corrected chi connectivity index (χ4v) is 4.18. The van der Waals surface area contributed by atoms with Gasteiger partial charge in [-0.15, -0.1) is 0 Å². The number of carbonyl (C=O) groups is 1. The third kappa shape index (κ3) is 4.62. The number of fused-ring (bicyclic) bond motifs is 1. The summed E-state index contributed by atoms with van der Waals surface area (Å²) in [5.74, 6) is 1.83. The lowest BCUT2D eigenvalue weighted by Crippen LogP contribution is -2.25. The highest BCUT2D eigenvalue weighted by Gasteiger charge is 2.21. The number of carbonyl (C=O) groups excluding carboxylic acids is 1. The van der Waals surface area contributed by atoms with Gasteiger partial charge in [0.2, 0.25) is 5.91 Å². The number of para-hydroxylation sites is 1. The van der Waals surface area contributed by atoms with Gasteiger partial charge in [-0.2, -0.15) is 0 Å². The second-order valence-electron chi connectivity index (χ2n) is 6.70. The van der Waals surface area contributed by atoms with Crippen molar-refractivity contribution >= 4 is 34.3 Å². The Balaban J connectivity index is 1.84. The molecule has 1 unspecified atom stereocenters. The Morgan fingerprint density at radius 2 is 1.83 bits per heavy atom. The quantitative estimate of drug-likeness (QED) is 0.507. The molecule has 3 aromatic rings. The van der Waals surface area contributed by atoms with E-state index in [-0.39, 0.29) is 11.2 Å². The number of nitrogens with one attached hydrogen (secondary N) is 1. The maximum atomic E-state index is 13.0. The average Bonchev–Trinajstić information content (AvgIpc) is 2.77. The molecule has 0 saturated heterocycles. The third-order valence-corrected chi connectivity index (χ3v) is 6.08. The molecule has 0 spiro atoms. The highest BCUT2D eigenvalue weighted by atomic mass is 32.2. The minimum absolute atomic E-state index is 0.106. The first kappa shape index (κ1) is 21.8. The van der Waals surface area contributed by atoms with Gasteiger partial charge in [-0.3, -0.25) is 4.79 Å². The van der Waals surface area contributed by atoms with Crippen LogP contribution in [0.3, 0.4) is 0 Å². The molecule has 0 radical (unpaired) electrons. The molecule has 0 bridgehead atoms. The fraction of sp³-hybridized carbons (Fsp3) is 0.304. The van der Waals surface area contributed by atoms with E-state index in [1.165, 1.54) is 11.8 Å². The van der Waals surface area contributed by atoms with Crippen LogP contribution in [-0.2, 0) is 4.79 Å². The predicted octanol–water partition coefficient (Wildman–Crippen LogP) is 5.08. The molecule has 1 atom stereocenters. The van der Waals surface area contributed by atoms with Gasteiger partial charge in [0.25, 0.3) is 0 Å². The Kier molecular flexibility index (Phi) is 7.05. The van der Waals surface area contributed by atoms with Crippen LogP contribution < -0.4 is 19.5 Å². The van der Waals surface area contributed by atoms with Crippen LogP contribution in [0.1, 0.15) is 18.9 Å². The first-order valence-corrected chi connectivity index (χ1v) is 10.5. The number of nitrogens with zero attached hydrogens (tertiary/aromatic N) is 1. The van der Waals surface area contributed by atoms with Crippen LogP contribution >= 0.6 is 11.8 Å². The Morgan fingerprint density at radius 3 is 2.50 bits per heavy atom. The first-order valence-electron chi connectivity index (χ1n) is 9.64. The molecule has 1 N–H and O–H groups in total. The van der Waals surface area contributed by atoms with Gasteiger partial charge in [0.15, 0.2) is 0 Å². The molecule has 158 valence electrons. The Morgan fingerprint density at radius 1 is 1.07 bits per heavy atom. The molecule has 6 nitrogen and oxygen atoms in total. The van der Waals surface area contributed by atoms with Gasteiger partial charge in [0, 0.05) is 11.5 Å². The molecule has 2 aromatic carbocycles. The summed E-state index contributed by atoms with van der Waals surface area (Å²) in [5, 5.41) is 4.48. The second-order valence-corrected chi connectivity index (χ2v) is 7.93. The molecule has 7 heteroatoms. The molecule has 0 fully saturated rings. The van der Waals surface area contributed by atoms with E-state index >= 15 is 0 Å². The van der Waals surface area contributed by atoms with E-state index < -0.39 is 0 Å². The molecule has 1 heterocycles. The number of methoxy groups -OCH3 is 3. The van der Waals surface area contributed by atoms with Crippen LogP contribution in [0, 0.1) is 6.92 Å². The van der Waals surface area contributed by atoms with Crippen molar-refractivity contribution in [1.29, 1.82) is 0 Å². The monoisotopic (exact) mass is 426 g/mol. The van der Waals surface area contributed by atoms with Crippen LogP contribution in [0.5, 0.6) is 17.2 Å². The number of benzene rings is 2.